The highest BCUT2D eigenvalue weighted by molar-refractivity contribution is 8.74. The molecular weight excluding hydrogens is 300 g/mol. The Kier molecular flexibility index (Phi) is 4.27. The van der Waals surface area contributed by atoms with E-state index >= 15 is 0 Å². The minimum atomic E-state index is 0.392. The maximum atomic E-state index is 5.97. The van der Waals surface area contributed by atoms with Crippen LogP contribution in [0.25, 0.3) is 0 Å². The largest absolute Gasteiger partial charge is 0.378 e. The van der Waals surface area contributed by atoms with Crippen LogP contribution in [0.15, 0.2) is 0 Å². The zero-order chi connectivity index (χ0) is 14.6. The van der Waals surface area contributed by atoms with Crippen molar-refractivity contribution in [3.63, 3.8) is 0 Å². The van der Waals surface area contributed by atoms with Gasteiger partial charge in [-0.15, -0.1) is 0 Å². The second-order valence-electron chi connectivity index (χ2n) is 7.96. The third-order valence-corrected chi connectivity index (χ3v) is 7.73. The van der Waals surface area contributed by atoms with Crippen LogP contribution in [0, 0.1) is 47.3 Å². The molecule has 0 aliphatic heterocycles. The van der Waals surface area contributed by atoms with Crippen LogP contribution >= 0.6 is 21.9 Å². The molecule has 0 aromatic rings. The molecule has 0 saturated heterocycles. The number of ether oxygens (including phenoxy) is 1. The van der Waals surface area contributed by atoms with Crippen LogP contribution in [0.5, 0.6) is 0 Å². The first-order chi connectivity index (χ1) is 10.2. The zero-order valence-corrected chi connectivity index (χ0v) is 15.0. The lowest BCUT2D eigenvalue weighted by Gasteiger charge is -2.26. The summed E-state index contributed by atoms with van der Waals surface area (Å²) in [6.45, 7) is 6.33. The van der Waals surface area contributed by atoms with Gasteiger partial charge in [0.25, 0.3) is 0 Å². The Morgan fingerprint density at radius 1 is 0.952 bits per heavy atom. The van der Waals surface area contributed by atoms with Crippen LogP contribution in [0.2, 0.25) is 0 Å². The molecule has 0 aromatic heterocycles. The quantitative estimate of drug-likeness (QED) is 0.389. The van der Waals surface area contributed by atoms with E-state index in [1.165, 1.54) is 19.3 Å². The Morgan fingerprint density at radius 3 is 2.43 bits per heavy atom. The summed E-state index contributed by atoms with van der Waals surface area (Å²) < 4.78 is 11.7. The van der Waals surface area contributed by atoms with E-state index < -0.39 is 0 Å². The number of hydrogen-bond acceptors (Lipinski definition) is 4. The molecule has 0 heterocycles. The maximum Gasteiger partial charge on any atom is 0.0652 e. The average Bonchev–Trinajstić information content (AvgIpc) is 2.77. The first-order valence-electron chi connectivity index (χ1n) is 8.64. The van der Waals surface area contributed by atoms with Gasteiger partial charge in [-0.25, -0.2) is 0 Å². The van der Waals surface area contributed by atoms with Gasteiger partial charge >= 0.3 is 0 Å². The fourth-order valence-corrected chi connectivity index (χ4v) is 7.05. The third-order valence-electron chi connectivity index (χ3n) is 6.67. The molecule has 4 fully saturated rings. The molecular formula is C17H28O2S2. The Hall–Kier alpha value is 0.620. The standard InChI is InChI=1S/C17H28O2S2/c1-9(2)18-8-11-6-14-16-13-5-10(7-19-21-20-3)4-12(13)15(11)17(14)16/h9-17H,4-8H2,1-3H3. The molecule has 4 aliphatic carbocycles. The fourth-order valence-electron chi connectivity index (χ4n) is 6.25. The first kappa shape index (κ1) is 15.2. The van der Waals surface area contributed by atoms with Gasteiger partial charge < -0.3 is 8.92 Å². The van der Waals surface area contributed by atoms with Crippen LogP contribution in [0.1, 0.15) is 33.1 Å². The summed E-state index contributed by atoms with van der Waals surface area (Å²) in [6, 6.07) is 0. The van der Waals surface area contributed by atoms with Gasteiger partial charge in [0, 0.05) is 0 Å². The van der Waals surface area contributed by atoms with Crippen LogP contribution < -0.4 is 0 Å². The predicted octanol–water partition coefficient (Wildman–Crippen LogP) is 4.51. The smallest absolute Gasteiger partial charge is 0.0652 e. The Bertz CT molecular complexity index is 389. The molecule has 0 bridgehead atoms. The average molecular weight is 329 g/mol. The second kappa shape index (κ2) is 5.92. The van der Waals surface area contributed by atoms with Crippen molar-refractivity contribution in [1.29, 1.82) is 0 Å². The summed E-state index contributed by atoms with van der Waals surface area (Å²) in [5.41, 5.74) is 0. The lowest BCUT2D eigenvalue weighted by atomic mass is 9.82. The van der Waals surface area contributed by atoms with Crippen LogP contribution in [0.4, 0.5) is 0 Å². The van der Waals surface area contributed by atoms with Crippen molar-refractivity contribution in [3.05, 3.63) is 0 Å². The second-order valence-corrected chi connectivity index (χ2v) is 10.1. The minimum Gasteiger partial charge on any atom is -0.378 e. The van der Waals surface area contributed by atoms with E-state index in [1.54, 1.807) is 21.9 Å². The summed E-state index contributed by atoms with van der Waals surface area (Å²) in [5, 5.41) is 0. The molecule has 2 nitrogen and oxygen atoms in total. The van der Waals surface area contributed by atoms with Gasteiger partial charge in [0.15, 0.2) is 0 Å². The topological polar surface area (TPSA) is 18.5 Å². The molecule has 21 heavy (non-hydrogen) atoms. The van der Waals surface area contributed by atoms with E-state index in [1.807, 2.05) is 0 Å². The fraction of sp³-hybridized carbons (Fsp3) is 1.00. The summed E-state index contributed by atoms with van der Waals surface area (Å²) in [6.07, 6.45) is 6.83. The van der Waals surface area contributed by atoms with Crippen molar-refractivity contribution in [3.8, 4) is 0 Å². The van der Waals surface area contributed by atoms with Gasteiger partial charge in [0.2, 0.25) is 0 Å². The highest BCUT2D eigenvalue weighted by atomic mass is 33.1. The molecule has 8 atom stereocenters. The van der Waals surface area contributed by atoms with E-state index in [9.17, 15) is 0 Å². The molecule has 0 aromatic carbocycles. The normalized spacial score (nSPS) is 49.7. The van der Waals surface area contributed by atoms with Crippen molar-refractivity contribution in [2.24, 2.45) is 47.3 Å². The van der Waals surface area contributed by atoms with Crippen molar-refractivity contribution in [2.75, 3.05) is 19.5 Å². The van der Waals surface area contributed by atoms with E-state index in [4.69, 9.17) is 8.92 Å². The number of hydrogen-bond donors (Lipinski definition) is 0. The van der Waals surface area contributed by atoms with E-state index in [-0.39, 0.29) is 0 Å². The van der Waals surface area contributed by atoms with Gasteiger partial charge in [-0.3, -0.25) is 0 Å². The van der Waals surface area contributed by atoms with E-state index in [2.05, 4.69) is 20.1 Å². The van der Waals surface area contributed by atoms with Gasteiger partial charge in [0.05, 0.1) is 30.4 Å². The van der Waals surface area contributed by atoms with Crippen molar-refractivity contribution >= 4 is 21.9 Å². The lowest BCUT2D eigenvalue weighted by Crippen LogP contribution is -2.24. The van der Waals surface area contributed by atoms with Gasteiger partial charge in [-0.2, -0.15) is 0 Å². The lowest BCUT2D eigenvalue weighted by molar-refractivity contribution is 0.0308. The van der Waals surface area contributed by atoms with Crippen molar-refractivity contribution in [1.82, 2.24) is 0 Å². The highest BCUT2D eigenvalue weighted by Crippen LogP contribution is 2.77. The molecule has 0 N–H and O–H groups in total. The summed E-state index contributed by atoms with van der Waals surface area (Å²) in [4.78, 5) is 0. The van der Waals surface area contributed by atoms with Gasteiger partial charge in [-0.1, -0.05) is 10.8 Å². The highest BCUT2D eigenvalue weighted by Gasteiger charge is 2.73. The van der Waals surface area contributed by atoms with Crippen molar-refractivity contribution < 1.29 is 8.92 Å². The van der Waals surface area contributed by atoms with Crippen LogP contribution in [-0.2, 0) is 8.92 Å². The Balaban J connectivity index is 1.35. The number of rotatable bonds is 7. The molecule has 4 aliphatic rings. The molecule has 4 rings (SSSR count). The molecule has 0 spiro atoms. The zero-order valence-electron chi connectivity index (χ0n) is 13.4. The summed E-state index contributed by atoms with van der Waals surface area (Å²) in [5.74, 6) is 8.04. The minimum absolute atomic E-state index is 0.392. The first-order valence-corrected chi connectivity index (χ1v) is 11.1. The Labute approximate surface area is 137 Å². The third kappa shape index (κ3) is 2.58. The molecule has 8 unspecified atom stereocenters. The van der Waals surface area contributed by atoms with Crippen LogP contribution in [0.3, 0.4) is 0 Å². The Morgan fingerprint density at radius 2 is 1.71 bits per heavy atom. The van der Waals surface area contributed by atoms with Crippen molar-refractivity contribution in [2.45, 2.75) is 39.2 Å². The summed E-state index contributed by atoms with van der Waals surface area (Å²) in [7, 11) is 1.71. The van der Waals surface area contributed by atoms with Gasteiger partial charge in [0.1, 0.15) is 0 Å². The molecule has 4 saturated carbocycles. The predicted molar refractivity (Wildman–Crippen MR) is 89.9 cm³/mol. The molecule has 120 valence electrons. The van der Waals surface area contributed by atoms with Gasteiger partial charge in [-0.05, 0) is 86.7 Å². The molecule has 0 amide bonds. The maximum absolute atomic E-state index is 5.97. The van der Waals surface area contributed by atoms with E-state index in [0.717, 1.165) is 60.6 Å². The monoisotopic (exact) mass is 328 g/mol. The molecule has 0 radical (unpaired) electrons. The number of fused-ring (bicyclic) bond motifs is 4. The molecule has 4 heteroatoms. The van der Waals surface area contributed by atoms with E-state index in [0.29, 0.717) is 6.10 Å². The summed E-state index contributed by atoms with van der Waals surface area (Å²) >= 11 is 1.56. The van der Waals surface area contributed by atoms with Crippen LogP contribution in [-0.4, -0.2) is 25.6 Å². The SMILES string of the molecule is CSSOCC1CC2C(C1)C1C3CC(COC(C)C)C2C31.